The Bertz CT molecular complexity index is 589. The molecule has 102 valence electrons. The van der Waals surface area contributed by atoms with Crippen LogP contribution in [0.15, 0.2) is 30.5 Å². The molecule has 1 aromatic carbocycles. The van der Waals surface area contributed by atoms with E-state index in [1.807, 2.05) is 6.07 Å². The molecule has 3 nitrogen and oxygen atoms in total. The van der Waals surface area contributed by atoms with Crippen molar-refractivity contribution in [3.63, 3.8) is 0 Å². The summed E-state index contributed by atoms with van der Waals surface area (Å²) in [6.07, 6.45) is -3.83. The lowest BCUT2D eigenvalue weighted by Crippen LogP contribution is -2.35. The highest BCUT2D eigenvalue weighted by atomic mass is 19.4. The first-order valence-corrected chi connectivity index (χ1v) is 5.80. The second-order valence-electron chi connectivity index (χ2n) is 4.44. The van der Waals surface area contributed by atoms with Crippen LogP contribution in [0.1, 0.15) is 23.7 Å². The third kappa shape index (κ3) is 3.27. The number of benzene rings is 1. The number of nitrogens with one attached hydrogen (secondary N) is 2. The Morgan fingerprint density at radius 2 is 2.05 bits per heavy atom. The zero-order valence-electron chi connectivity index (χ0n) is 10.2. The van der Waals surface area contributed by atoms with Gasteiger partial charge in [0.2, 0.25) is 0 Å². The van der Waals surface area contributed by atoms with Crippen molar-refractivity contribution in [2.45, 2.75) is 25.6 Å². The molecule has 6 heteroatoms. The van der Waals surface area contributed by atoms with Crippen LogP contribution in [0.25, 0.3) is 10.9 Å². The number of aromatic amines is 1. The van der Waals surface area contributed by atoms with Gasteiger partial charge in [0.1, 0.15) is 0 Å². The number of carbonyl (C=O) groups excluding carboxylic acids is 1. The summed E-state index contributed by atoms with van der Waals surface area (Å²) in [4.78, 5) is 14.8. The van der Waals surface area contributed by atoms with Crippen LogP contribution in [0.2, 0.25) is 0 Å². The monoisotopic (exact) mass is 270 g/mol. The summed E-state index contributed by atoms with van der Waals surface area (Å²) < 4.78 is 36.6. The van der Waals surface area contributed by atoms with Crippen LogP contribution in [0.3, 0.4) is 0 Å². The third-order valence-electron chi connectivity index (χ3n) is 2.75. The van der Waals surface area contributed by atoms with E-state index in [1.165, 1.54) is 13.1 Å². The quantitative estimate of drug-likeness (QED) is 0.883. The van der Waals surface area contributed by atoms with Gasteiger partial charge in [-0.15, -0.1) is 0 Å². The molecular formula is C13H13F3N2O. The number of H-pyrrole nitrogens is 1. The number of para-hydroxylation sites is 1. The lowest BCUT2D eigenvalue weighted by molar-refractivity contribution is -0.138. The van der Waals surface area contributed by atoms with Gasteiger partial charge in [0.15, 0.2) is 0 Å². The fourth-order valence-corrected chi connectivity index (χ4v) is 1.96. The summed E-state index contributed by atoms with van der Waals surface area (Å²) in [5, 5.41) is 3.05. The molecule has 1 amide bonds. The fraction of sp³-hybridized carbons (Fsp3) is 0.308. The molecule has 19 heavy (non-hydrogen) atoms. The molecule has 2 aromatic rings. The van der Waals surface area contributed by atoms with E-state index >= 15 is 0 Å². The maximum atomic E-state index is 12.2. The first-order valence-electron chi connectivity index (χ1n) is 5.80. The van der Waals surface area contributed by atoms with Gasteiger partial charge in [-0.1, -0.05) is 18.2 Å². The zero-order valence-corrected chi connectivity index (χ0v) is 10.2. The first kappa shape index (κ1) is 13.5. The number of rotatable bonds is 3. The number of fused-ring (bicyclic) bond motifs is 1. The Kier molecular flexibility index (Phi) is 3.50. The van der Waals surface area contributed by atoms with Crippen LogP contribution in [0.5, 0.6) is 0 Å². The molecule has 0 radical (unpaired) electrons. The largest absolute Gasteiger partial charge is 0.391 e. The molecule has 1 aromatic heterocycles. The Balaban J connectivity index is 2.12. The summed E-state index contributed by atoms with van der Waals surface area (Å²) in [5.41, 5.74) is 1.13. The minimum atomic E-state index is -4.28. The molecule has 0 aliphatic rings. The van der Waals surface area contributed by atoms with Crippen molar-refractivity contribution in [1.29, 1.82) is 0 Å². The van der Waals surface area contributed by atoms with Gasteiger partial charge in [-0.3, -0.25) is 4.79 Å². The minimum Gasteiger partial charge on any atom is -0.360 e. The summed E-state index contributed by atoms with van der Waals surface area (Å²) in [6, 6.07) is 6.17. The van der Waals surface area contributed by atoms with Gasteiger partial charge in [0.05, 0.1) is 12.0 Å². The zero-order chi connectivity index (χ0) is 14.0. The number of amides is 1. The van der Waals surface area contributed by atoms with Gasteiger partial charge in [-0.25, -0.2) is 0 Å². The van der Waals surface area contributed by atoms with Gasteiger partial charge < -0.3 is 10.3 Å². The summed E-state index contributed by atoms with van der Waals surface area (Å²) in [7, 11) is 0. The highest BCUT2D eigenvalue weighted by Crippen LogP contribution is 2.22. The Hall–Kier alpha value is -1.98. The fourth-order valence-electron chi connectivity index (χ4n) is 1.96. The number of hydrogen-bond donors (Lipinski definition) is 2. The van der Waals surface area contributed by atoms with E-state index in [0.29, 0.717) is 10.9 Å². The van der Waals surface area contributed by atoms with Crippen molar-refractivity contribution in [2.75, 3.05) is 0 Å². The Labute approximate surface area is 107 Å². The van der Waals surface area contributed by atoms with Crippen LogP contribution < -0.4 is 5.32 Å². The van der Waals surface area contributed by atoms with Crippen molar-refractivity contribution < 1.29 is 18.0 Å². The highest BCUT2D eigenvalue weighted by molar-refractivity contribution is 6.06. The first-order chi connectivity index (χ1) is 8.87. The molecule has 0 saturated carbocycles. The number of carbonyl (C=O) groups is 1. The third-order valence-corrected chi connectivity index (χ3v) is 2.75. The standard InChI is InChI=1S/C13H13F3N2O/c1-8(6-13(14,15)16)18-12(19)10-7-17-11-5-3-2-4-9(10)11/h2-5,7-8,17H,6H2,1H3,(H,18,19). The van der Waals surface area contributed by atoms with E-state index in [9.17, 15) is 18.0 Å². The van der Waals surface area contributed by atoms with Crippen LogP contribution in [-0.2, 0) is 0 Å². The van der Waals surface area contributed by atoms with Gasteiger partial charge in [0.25, 0.3) is 5.91 Å². The summed E-state index contributed by atoms with van der Waals surface area (Å²) in [5.74, 6) is -0.505. The van der Waals surface area contributed by atoms with E-state index in [1.54, 1.807) is 18.2 Å². The molecule has 0 bridgehead atoms. The second kappa shape index (κ2) is 4.95. The van der Waals surface area contributed by atoms with Crippen molar-refractivity contribution in [1.82, 2.24) is 10.3 Å². The van der Waals surface area contributed by atoms with Crippen LogP contribution in [-0.4, -0.2) is 23.1 Å². The number of halogens is 3. The molecule has 1 atom stereocenters. The average Bonchev–Trinajstić information content (AvgIpc) is 2.69. The predicted octanol–water partition coefficient (Wildman–Crippen LogP) is 3.24. The molecule has 1 unspecified atom stereocenters. The minimum absolute atomic E-state index is 0.352. The van der Waals surface area contributed by atoms with E-state index in [4.69, 9.17) is 0 Å². The van der Waals surface area contributed by atoms with Gasteiger partial charge >= 0.3 is 6.18 Å². The number of aromatic nitrogens is 1. The summed E-state index contributed by atoms with van der Waals surface area (Å²) >= 11 is 0. The number of hydrogen-bond acceptors (Lipinski definition) is 1. The van der Waals surface area contributed by atoms with E-state index in [2.05, 4.69) is 10.3 Å². The molecule has 0 spiro atoms. The van der Waals surface area contributed by atoms with Gasteiger partial charge in [-0.2, -0.15) is 13.2 Å². The molecule has 2 N–H and O–H groups in total. The smallest absolute Gasteiger partial charge is 0.360 e. The maximum absolute atomic E-state index is 12.2. The molecule has 1 heterocycles. The SMILES string of the molecule is CC(CC(F)(F)F)NC(=O)c1c[nH]c2ccccc12. The normalized spacial score (nSPS) is 13.5. The van der Waals surface area contributed by atoms with Crippen molar-refractivity contribution in [2.24, 2.45) is 0 Å². The van der Waals surface area contributed by atoms with E-state index in [0.717, 1.165) is 5.52 Å². The molecule has 0 aliphatic carbocycles. The Morgan fingerprint density at radius 1 is 1.37 bits per heavy atom. The van der Waals surface area contributed by atoms with Crippen LogP contribution in [0.4, 0.5) is 13.2 Å². The highest BCUT2D eigenvalue weighted by Gasteiger charge is 2.30. The molecule has 0 fully saturated rings. The van der Waals surface area contributed by atoms with Crippen molar-refractivity contribution in [3.05, 3.63) is 36.0 Å². The number of alkyl halides is 3. The van der Waals surface area contributed by atoms with Crippen LogP contribution >= 0.6 is 0 Å². The lowest BCUT2D eigenvalue weighted by Gasteiger charge is -2.15. The van der Waals surface area contributed by atoms with Crippen molar-refractivity contribution >= 4 is 16.8 Å². The van der Waals surface area contributed by atoms with Crippen molar-refractivity contribution in [3.8, 4) is 0 Å². The maximum Gasteiger partial charge on any atom is 0.391 e. The van der Waals surface area contributed by atoms with E-state index in [-0.39, 0.29) is 0 Å². The van der Waals surface area contributed by atoms with Gasteiger partial charge in [0, 0.05) is 23.1 Å². The molecule has 0 saturated heterocycles. The Morgan fingerprint density at radius 3 is 2.74 bits per heavy atom. The van der Waals surface area contributed by atoms with Crippen LogP contribution in [0, 0.1) is 0 Å². The van der Waals surface area contributed by atoms with Gasteiger partial charge in [-0.05, 0) is 13.0 Å². The molecule has 0 aliphatic heterocycles. The molecule has 2 rings (SSSR count). The second-order valence-corrected chi connectivity index (χ2v) is 4.44. The predicted molar refractivity (Wildman–Crippen MR) is 65.9 cm³/mol. The topological polar surface area (TPSA) is 44.9 Å². The average molecular weight is 270 g/mol. The van der Waals surface area contributed by atoms with E-state index < -0.39 is 24.5 Å². The lowest BCUT2D eigenvalue weighted by atomic mass is 10.1. The molecular weight excluding hydrogens is 257 g/mol. The summed E-state index contributed by atoms with van der Waals surface area (Å²) in [6.45, 7) is 1.33.